The van der Waals surface area contributed by atoms with Gasteiger partial charge in [-0.25, -0.2) is 4.39 Å². The van der Waals surface area contributed by atoms with Crippen LogP contribution >= 0.6 is 11.3 Å². The molecule has 3 rings (SSSR count). The zero-order chi connectivity index (χ0) is 14.8. The first-order valence-corrected chi connectivity index (χ1v) is 7.41. The van der Waals surface area contributed by atoms with Gasteiger partial charge < -0.3 is 4.74 Å². The minimum absolute atomic E-state index is 0.139. The summed E-state index contributed by atoms with van der Waals surface area (Å²) in [6.07, 6.45) is 0. The summed E-state index contributed by atoms with van der Waals surface area (Å²) in [6.45, 7) is 1.76. The lowest BCUT2D eigenvalue weighted by molar-refractivity contribution is 0.101. The van der Waals surface area contributed by atoms with E-state index in [2.05, 4.69) is 0 Å². The summed E-state index contributed by atoms with van der Waals surface area (Å²) < 4.78 is 20.2. The Morgan fingerprint density at radius 3 is 2.86 bits per heavy atom. The molecule has 0 N–H and O–H groups in total. The van der Waals surface area contributed by atoms with Gasteiger partial charge in [0.25, 0.3) is 0 Å². The predicted molar refractivity (Wildman–Crippen MR) is 82.6 cm³/mol. The van der Waals surface area contributed by atoms with Gasteiger partial charge in [-0.05, 0) is 35.9 Å². The largest absolute Gasteiger partial charge is 0.488 e. The molecule has 1 aromatic heterocycles. The molecule has 0 bridgehead atoms. The highest BCUT2D eigenvalue weighted by molar-refractivity contribution is 7.17. The Bertz CT molecular complexity index is 807. The van der Waals surface area contributed by atoms with Crippen molar-refractivity contribution in [3.8, 4) is 5.75 Å². The third-order valence-corrected chi connectivity index (χ3v) is 4.28. The maximum atomic E-state index is 13.3. The molecule has 1 heterocycles. The van der Waals surface area contributed by atoms with E-state index in [9.17, 15) is 9.18 Å². The van der Waals surface area contributed by atoms with Crippen molar-refractivity contribution in [1.29, 1.82) is 0 Å². The normalized spacial score (nSPS) is 10.8. The van der Waals surface area contributed by atoms with E-state index in [0.717, 1.165) is 10.9 Å². The molecule has 2 aromatic carbocycles. The quantitative estimate of drug-likeness (QED) is 0.646. The lowest BCUT2D eigenvalue weighted by atomic mass is 10.1. The summed E-state index contributed by atoms with van der Waals surface area (Å²) in [5.41, 5.74) is 1.44. The third kappa shape index (κ3) is 2.81. The molecule has 0 radical (unpaired) electrons. The third-order valence-electron chi connectivity index (χ3n) is 3.27. The molecule has 0 unspecified atom stereocenters. The predicted octanol–water partition coefficient (Wildman–Crippen LogP) is 4.82. The molecule has 2 nitrogen and oxygen atoms in total. The number of fused-ring (bicyclic) bond motifs is 1. The van der Waals surface area contributed by atoms with E-state index in [4.69, 9.17) is 4.74 Å². The number of benzene rings is 2. The van der Waals surface area contributed by atoms with Gasteiger partial charge in [-0.1, -0.05) is 18.2 Å². The Morgan fingerprint density at radius 1 is 1.24 bits per heavy atom. The Kier molecular flexibility index (Phi) is 3.71. The monoisotopic (exact) mass is 300 g/mol. The first-order valence-electron chi connectivity index (χ1n) is 6.53. The summed E-state index contributed by atoms with van der Waals surface area (Å²) in [6, 6.07) is 12.0. The second-order valence-electron chi connectivity index (χ2n) is 4.74. The number of ketones is 1. The van der Waals surface area contributed by atoms with E-state index in [1.807, 2.05) is 29.6 Å². The van der Waals surface area contributed by atoms with Crippen LogP contribution in [0.5, 0.6) is 5.75 Å². The van der Waals surface area contributed by atoms with Crippen LogP contribution in [0.4, 0.5) is 4.39 Å². The van der Waals surface area contributed by atoms with Crippen molar-refractivity contribution in [2.24, 2.45) is 0 Å². The van der Waals surface area contributed by atoms with Crippen molar-refractivity contribution in [2.45, 2.75) is 13.5 Å². The second-order valence-corrected chi connectivity index (χ2v) is 5.65. The Morgan fingerprint density at radius 2 is 2.05 bits per heavy atom. The van der Waals surface area contributed by atoms with Gasteiger partial charge in [-0.3, -0.25) is 4.79 Å². The molecule has 0 aliphatic heterocycles. The van der Waals surface area contributed by atoms with Gasteiger partial charge in [-0.15, -0.1) is 11.3 Å². The number of carbonyl (C=O) groups is 1. The summed E-state index contributed by atoms with van der Waals surface area (Å²) >= 11 is 1.64. The molecule has 0 saturated heterocycles. The smallest absolute Gasteiger partial charge is 0.163 e. The van der Waals surface area contributed by atoms with E-state index >= 15 is 0 Å². The number of rotatable bonds is 4. The highest BCUT2D eigenvalue weighted by Crippen LogP contribution is 2.28. The Balaban J connectivity index is 1.88. The lowest BCUT2D eigenvalue weighted by Gasteiger charge is -2.09. The summed E-state index contributed by atoms with van der Waals surface area (Å²) in [5.74, 6) is -0.261. The summed E-state index contributed by atoms with van der Waals surface area (Å²) in [4.78, 5) is 11.6. The maximum Gasteiger partial charge on any atom is 0.163 e. The molecule has 0 amide bonds. The van der Waals surface area contributed by atoms with Crippen LogP contribution in [0.3, 0.4) is 0 Å². The first-order chi connectivity index (χ1) is 10.1. The average molecular weight is 300 g/mol. The maximum absolute atomic E-state index is 13.3. The lowest BCUT2D eigenvalue weighted by Crippen LogP contribution is -2.02. The fourth-order valence-electron chi connectivity index (χ4n) is 2.21. The number of hydrogen-bond acceptors (Lipinski definition) is 3. The number of Topliss-reactive ketones (excluding diaryl/α,β-unsaturated/α-hetero) is 1. The minimum Gasteiger partial charge on any atom is -0.488 e. The van der Waals surface area contributed by atoms with Crippen molar-refractivity contribution in [2.75, 3.05) is 0 Å². The van der Waals surface area contributed by atoms with E-state index in [1.165, 1.54) is 29.8 Å². The molecule has 0 saturated carbocycles. The van der Waals surface area contributed by atoms with E-state index < -0.39 is 5.82 Å². The van der Waals surface area contributed by atoms with Crippen LogP contribution in [0.1, 0.15) is 22.8 Å². The SMILES string of the molecule is CC(=O)c1ccc(F)cc1OCc1csc2ccccc12. The topological polar surface area (TPSA) is 26.3 Å². The number of halogens is 1. The van der Waals surface area contributed by atoms with Crippen molar-refractivity contribution < 1.29 is 13.9 Å². The molecule has 0 aliphatic carbocycles. The molecule has 0 fully saturated rings. The summed E-state index contributed by atoms with van der Waals surface area (Å²) in [7, 11) is 0. The van der Waals surface area contributed by atoms with Crippen molar-refractivity contribution >= 4 is 27.2 Å². The second kappa shape index (κ2) is 5.66. The molecule has 0 aliphatic rings. The van der Waals surface area contributed by atoms with Crippen LogP contribution in [0.2, 0.25) is 0 Å². The number of ether oxygens (including phenoxy) is 1. The van der Waals surface area contributed by atoms with Gasteiger partial charge in [0.15, 0.2) is 5.78 Å². The van der Waals surface area contributed by atoms with Crippen molar-refractivity contribution in [1.82, 2.24) is 0 Å². The fraction of sp³-hybridized carbons (Fsp3) is 0.118. The molecular formula is C17H13FO2S. The van der Waals surface area contributed by atoms with Crippen LogP contribution in [-0.2, 0) is 6.61 Å². The van der Waals surface area contributed by atoms with Crippen molar-refractivity contribution in [3.05, 3.63) is 64.8 Å². The molecule has 0 atom stereocenters. The van der Waals surface area contributed by atoms with Gasteiger partial charge in [0, 0.05) is 16.3 Å². The molecule has 106 valence electrons. The molecule has 4 heteroatoms. The number of thiophene rings is 1. The highest BCUT2D eigenvalue weighted by atomic mass is 32.1. The molecule has 3 aromatic rings. The molecular weight excluding hydrogens is 287 g/mol. The van der Waals surface area contributed by atoms with Crippen LogP contribution in [0, 0.1) is 5.82 Å². The Labute approximate surface area is 125 Å². The van der Waals surface area contributed by atoms with E-state index in [1.54, 1.807) is 11.3 Å². The van der Waals surface area contributed by atoms with Gasteiger partial charge in [-0.2, -0.15) is 0 Å². The van der Waals surface area contributed by atoms with E-state index in [-0.39, 0.29) is 11.5 Å². The van der Waals surface area contributed by atoms with Gasteiger partial charge in [0.1, 0.15) is 18.2 Å². The highest BCUT2D eigenvalue weighted by Gasteiger charge is 2.11. The fourth-order valence-corrected chi connectivity index (χ4v) is 3.15. The molecule has 21 heavy (non-hydrogen) atoms. The first kappa shape index (κ1) is 13.8. The van der Waals surface area contributed by atoms with Gasteiger partial charge >= 0.3 is 0 Å². The molecule has 0 spiro atoms. The van der Waals surface area contributed by atoms with Crippen LogP contribution in [0.25, 0.3) is 10.1 Å². The van der Waals surface area contributed by atoms with Crippen LogP contribution in [-0.4, -0.2) is 5.78 Å². The van der Waals surface area contributed by atoms with Gasteiger partial charge in [0.05, 0.1) is 5.56 Å². The minimum atomic E-state index is -0.412. The van der Waals surface area contributed by atoms with Crippen molar-refractivity contribution in [3.63, 3.8) is 0 Å². The van der Waals surface area contributed by atoms with Gasteiger partial charge in [0.2, 0.25) is 0 Å². The zero-order valence-corrected chi connectivity index (χ0v) is 12.2. The average Bonchev–Trinajstić information content (AvgIpc) is 2.88. The van der Waals surface area contributed by atoms with Crippen LogP contribution < -0.4 is 4.74 Å². The van der Waals surface area contributed by atoms with E-state index in [0.29, 0.717) is 12.2 Å². The summed E-state index contributed by atoms with van der Waals surface area (Å²) in [5, 5.41) is 3.15. The van der Waals surface area contributed by atoms with Crippen LogP contribution in [0.15, 0.2) is 47.8 Å². The zero-order valence-electron chi connectivity index (χ0n) is 11.4. The number of carbonyl (C=O) groups excluding carboxylic acids is 1. The Hall–Kier alpha value is -2.20. The number of hydrogen-bond donors (Lipinski definition) is 0. The standard InChI is InChI=1S/C17H13FO2S/c1-11(19)14-7-6-13(18)8-16(14)20-9-12-10-21-17-5-3-2-4-15(12)17/h2-8,10H,9H2,1H3.